The zero-order valence-electron chi connectivity index (χ0n) is 24.0. The van der Waals surface area contributed by atoms with Crippen LogP contribution in [-0.4, -0.2) is 32.1 Å². The molecule has 2 N–H and O–H groups in total. The quantitative estimate of drug-likeness (QED) is 0.0850. The van der Waals surface area contributed by atoms with Gasteiger partial charge in [-0.25, -0.2) is 0 Å². The molecule has 42 heavy (non-hydrogen) atoms. The second-order valence-electron chi connectivity index (χ2n) is 7.97. The third-order valence-corrected chi connectivity index (χ3v) is 7.67. The van der Waals surface area contributed by atoms with Gasteiger partial charge in [0.05, 0.1) is 35.3 Å². The SMILES string of the molecule is C=C.C=C.C=C.C=C.O=[PH](O)OCCCCn1c2ccc(Br)cc2c2c1c1cc(Br)ccc1n2CCCCO[PH](=O)O. The largest absolute Gasteiger partial charge is 0.339 e. The molecule has 0 bridgehead atoms. The Kier molecular flexibility index (Phi) is 21.5. The van der Waals surface area contributed by atoms with E-state index in [-0.39, 0.29) is 13.2 Å². The van der Waals surface area contributed by atoms with E-state index in [1.165, 1.54) is 0 Å². The molecule has 0 aliphatic carbocycles. The number of fused-ring (bicyclic) bond motifs is 5. The Hall–Kier alpha value is -2.00. The molecule has 0 amide bonds. The first kappa shape index (κ1) is 40.0. The topological polar surface area (TPSA) is 103 Å². The zero-order valence-corrected chi connectivity index (χ0v) is 29.1. The first-order valence-electron chi connectivity index (χ1n) is 13.0. The lowest BCUT2D eigenvalue weighted by molar-refractivity contribution is 0.272. The Morgan fingerprint density at radius 3 is 1.26 bits per heavy atom. The number of halogens is 2. The molecule has 232 valence electrons. The van der Waals surface area contributed by atoms with Crippen LogP contribution in [0.1, 0.15) is 25.7 Å². The van der Waals surface area contributed by atoms with Gasteiger partial charge in [-0.3, -0.25) is 9.13 Å². The molecule has 2 heterocycles. The van der Waals surface area contributed by atoms with Gasteiger partial charge in [0.1, 0.15) is 0 Å². The van der Waals surface area contributed by atoms with Crippen LogP contribution in [-0.2, 0) is 31.3 Å². The third-order valence-electron chi connectivity index (χ3n) is 5.78. The molecule has 0 aliphatic rings. The first-order valence-corrected chi connectivity index (χ1v) is 17.1. The van der Waals surface area contributed by atoms with Gasteiger partial charge in [0.2, 0.25) is 0 Å². The summed E-state index contributed by atoms with van der Waals surface area (Å²) in [5.74, 6) is 0. The van der Waals surface area contributed by atoms with E-state index in [9.17, 15) is 9.13 Å². The highest BCUT2D eigenvalue weighted by molar-refractivity contribution is 9.10. The maximum absolute atomic E-state index is 10.8. The van der Waals surface area contributed by atoms with Crippen molar-refractivity contribution in [2.45, 2.75) is 38.8 Å². The third kappa shape index (κ3) is 11.3. The maximum Gasteiger partial charge on any atom is 0.316 e. The number of aryl methyl sites for hydroxylation is 2. The van der Waals surface area contributed by atoms with E-state index in [0.29, 0.717) is 12.8 Å². The van der Waals surface area contributed by atoms with Crippen LogP contribution in [0.2, 0.25) is 0 Å². The number of rotatable bonds is 12. The Balaban J connectivity index is 0.00000194. The Morgan fingerprint density at radius 1 is 0.619 bits per heavy atom. The second kappa shape index (κ2) is 22.5. The van der Waals surface area contributed by atoms with E-state index in [1.54, 1.807) is 0 Å². The number of unbranched alkanes of at least 4 members (excludes halogenated alkanes) is 2. The molecule has 0 fully saturated rings. The highest BCUT2D eigenvalue weighted by Gasteiger charge is 2.20. The molecule has 0 saturated carbocycles. The van der Waals surface area contributed by atoms with Crippen molar-refractivity contribution in [3.63, 3.8) is 0 Å². The molecule has 4 aromatic rings. The van der Waals surface area contributed by atoms with Crippen molar-refractivity contribution in [2.24, 2.45) is 0 Å². The Labute approximate surface area is 267 Å². The highest BCUT2D eigenvalue weighted by atomic mass is 79.9. The summed E-state index contributed by atoms with van der Waals surface area (Å²) in [4.78, 5) is 17.8. The zero-order chi connectivity index (χ0) is 32.2. The lowest BCUT2D eigenvalue weighted by Gasteiger charge is -2.09. The standard InChI is InChI=1S/C22H26Br2N2O6P2.4C2H4/c23-15-5-7-19-17(13-15)22-21(25(19)9-1-3-11-31-33(27)28)18-14-16(24)6-8-20(18)26(22)10-2-4-12-32-34(29)30;4*1-2/h5-8,13-14,33-34H,1-4,9-12H2,(H,27,28)(H,29,30);4*1-2H2. The summed E-state index contributed by atoms with van der Waals surface area (Å²) < 4.78 is 38.0. The Bertz CT molecular complexity index is 1330. The summed E-state index contributed by atoms with van der Waals surface area (Å²) >= 11 is 7.24. The van der Waals surface area contributed by atoms with Gasteiger partial charge in [0, 0.05) is 32.8 Å². The normalized spacial score (nSPS) is 11.6. The fourth-order valence-corrected chi connectivity index (χ4v) is 5.80. The number of aromatic nitrogens is 2. The van der Waals surface area contributed by atoms with E-state index in [2.05, 4.69) is 118 Å². The van der Waals surface area contributed by atoms with Gasteiger partial charge in [-0.1, -0.05) is 31.9 Å². The summed E-state index contributed by atoms with van der Waals surface area (Å²) in [6, 6.07) is 12.6. The van der Waals surface area contributed by atoms with Crippen molar-refractivity contribution in [1.29, 1.82) is 0 Å². The van der Waals surface area contributed by atoms with Crippen molar-refractivity contribution in [2.75, 3.05) is 13.2 Å². The fraction of sp³-hybridized carbons (Fsp3) is 0.267. The molecule has 2 atom stereocenters. The Morgan fingerprint density at radius 2 is 0.952 bits per heavy atom. The van der Waals surface area contributed by atoms with Gasteiger partial charge in [-0.2, -0.15) is 0 Å². The van der Waals surface area contributed by atoms with E-state index < -0.39 is 16.5 Å². The van der Waals surface area contributed by atoms with Crippen LogP contribution in [0.25, 0.3) is 32.8 Å². The lowest BCUT2D eigenvalue weighted by atomic mass is 10.2. The molecule has 2 aromatic carbocycles. The summed E-state index contributed by atoms with van der Waals surface area (Å²) in [7, 11) is -5.80. The van der Waals surface area contributed by atoms with Crippen molar-refractivity contribution < 1.29 is 28.0 Å². The van der Waals surface area contributed by atoms with Crippen molar-refractivity contribution in [1.82, 2.24) is 9.13 Å². The molecular formula is C30H42Br2N2O6P2. The average molecular weight is 748 g/mol. The molecule has 2 aromatic heterocycles. The molecule has 0 spiro atoms. The number of nitrogens with zero attached hydrogens (tertiary/aromatic N) is 2. The van der Waals surface area contributed by atoms with Crippen molar-refractivity contribution >= 4 is 81.2 Å². The summed E-state index contributed by atoms with van der Waals surface area (Å²) in [6.45, 7) is 26.0. The van der Waals surface area contributed by atoms with Crippen LogP contribution in [0.5, 0.6) is 0 Å². The van der Waals surface area contributed by atoms with Gasteiger partial charge < -0.3 is 28.0 Å². The number of hydrogen-bond acceptors (Lipinski definition) is 4. The molecule has 0 radical (unpaired) electrons. The number of hydrogen-bond donors (Lipinski definition) is 2. The minimum absolute atomic E-state index is 0.262. The highest BCUT2D eigenvalue weighted by Crippen LogP contribution is 2.39. The smallest absolute Gasteiger partial charge is 0.316 e. The van der Waals surface area contributed by atoms with Crippen LogP contribution in [0, 0.1) is 0 Å². The van der Waals surface area contributed by atoms with Gasteiger partial charge in [-0.05, 0) is 62.1 Å². The van der Waals surface area contributed by atoms with Gasteiger partial charge in [0.15, 0.2) is 0 Å². The molecule has 2 unspecified atom stereocenters. The predicted octanol–water partition coefficient (Wildman–Crippen LogP) is 9.84. The van der Waals surface area contributed by atoms with Crippen LogP contribution in [0.3, 0.4) is 0 Å². The first-order chi connectivity index (χ1) is 20.4. The van der Waals surface area contributed by atoms with E-state index >= 15 is 0 Å². The summed E-state index contributed by atoms with van der Waals surface area (Å²) in [6.07, 6.45) is 2.99. The van der Waals surface area contributed by atoms with Crippen molar-refractivity contribution in [3.05, 3.63) is 98.0 Å². The molecule has 12 heteroatoms. The molecule has 0 saturated heterocycles. The monoisotopic (exact) mass is 746 g/mol. The van der Waals surface area contributed by atoms with Crippen LogP contribution in [0.4, 0.5) is 0 Å². The molecule has 4 rings (SSSR count). The van der Waals surface area contributed by atoms with Gasteiger partial charge >= 0.3 is 16.5 Å². The fourth-order valence-electron chi connectivity index (χ4n) is 4.44. The van der Waals surface area contributed by atoms with Gasteiger partial charge in [-0.15, -0.1) is 52.6 Å². The van der Waals surface area contributed by atoms with Crippen LogP contribution < -0.4 is 0 Å². The summed E-state index contributed by atoms with van der Waals surface area (Å²) in [5, 5.41) is 2.29. The van der Waals surface area contributed by atoms with E-state index in [1.807, 2.05) is 12.1 Å². The maximum atomic E-state index is 10.8. The second-order valence-corrected chi connectivity index (χ2v) is 11.4. The van der Waals surface area contributed by atoms with Gasteiger partial charge in [0.25, 0.3) is 0 Å². The average Bonchev–Trinajstić information content (AvgIpc) is 3.48. The minimum Gasteiger partial charge on any atom is -0.339 e. The number of benzene rings is 2. The van der Waals surface area contributed by atoms with Crippen LogP contribution >= 0.6 is 48.4 Å². The minimum atomic E-state index is -2.90. The molecule has 8 nitrogen and oxygen atoms in total. The van der Waals surface area contributed by atoms with Crippen LogP contribution in [0.15, 0.2) is 98.0 Å². The molecular weight excluding hydrogens is 706 g/mol. The van der Waals surface area contributed by atoms with E-state index in [0.717, 1.165) is 67.7 Å². The lowest BCUT2D eigenvalue weighted by Crippen LogP contribution is -1.99. The molecule has 0 aliphatic heterocycles. The van der Waals surface area contributed by atoms with Crippen molar-refractivity contribution in [3.8, 4) is 0 Å². The van der Waals surface area contributed by atoms with E-state index in [4.69, 9.17) is 18.8 Å². The summed E-state index contributed by atoms with van der Waals surface area (Å²) in [5.41, 5.74) is 4.56. The predicted molar refractivity (Wildman–Crippen MR) is 188 cm³/mol.